The fourth-order valence-electron chi connectivity index (χ4n) is 1.43. The molecule has 0 radical (unpaired) electrons. The quantitative estimate of drug-likeness (QED) is 0.856. The molecule has 2 aromatic rings. The van der Waals surface area contributed by atoms with Crippen LogP contribution in [0.3, 0.4) is 0 Å². The van der Waals surface area contributed by atoms with Gasteiger partial charge in [0, 0.05) is 11.9 Å². The number of benzene rings is 1. The van der Waals surface area contributed by atoms with Gasteiger partial charge in [0.2, 0.25) is 0 Å². The van der Waals surface area contributed by atoms with Gasteiger partial charge >= 0.3 is 6.09 Å². The zero-order valence-electron chi connectivity index (χ0n) is 9.56. The van der Waals surface area contributed by atoms with Gasteiger partial charge in [-0.25, -0.2) is 9.10 Å². The van der Waals surface area contributed by atoms with E-state index in [0.29, 0.717) is 11.4 Å². The van der Waals surface area contributed by atoms with Gasteiger partial charge < -0.3 is 5.11 Å². The molecule has 1 amide bonds. The zero-order valence-corrected chi connectivity index (χ0v) is 10.4. The van der Waals surface area contributed by atoms with Crippen LogP contribution < -0.4 is 4.31 Å². The number of anilines is 1. The Morgan fingerprint density at radius 3 is 2.61 bits per heavy atom. The third-order valence-electron chi connectivity index (χ3n) is 2.26. The smallest absolute Gasteiger partial charge is 0.422 e. The molecule has 0 aliphatic carbocycles. The van der Waals surface area contributed by atoms with Gasteiger partial charge in [-0.15, -0.1) is 0 Å². The van der Waals surface area contributed by atoms with E-state index in [9.17, 15) is 9.90 Å². The average Bonchev–Trinajstić information content (AvgIpc) is 2.41. The number of carbonyl (C=O) groups is 1. The van der Waals surface area contributed by atoms with Gasteiger partial charge in [0.1, 0.15) is 0 Å². The van der Waals surface area contributed by atoms with Gasteiger partial charge in [-0.2, -0.15) is 0 Å². The summed E-state index contributed by atoms with van der Waals surface area (Å²) in [5.41, 5.74) is 1.64. The Kier molecular flexibility index (Phi) is 4.20. The predicted octanol–water partition coefficient (Wildman–Crippen LogP) is 3.41. The van der Waals surface area contributed by atoms with E-state index in [-0.39, 0.29) is 0 Å². The lowest BCUT2D eigenvalue weighted by Crippen LogP contribution is -2.21. The van der Waals surface area contributed by atoms with Crippen molar-refractivity contribution in [1.29, 1.82) is 0 Å². The molecule has 0 atom stereocenters. The standard InChI is InChI=1S/C13H12N2O2S/c16-13(17)15(12-7-4-8-14-9-12)18-10-11-5-2-1-3-6-11/h1-9H,10H2,(H,16,17). The van der Waals surface area contributed by atoms with Gasteiger partial charge in [-0.1, -0.05) is 30.3 Å². The molecule has 2 rings (SSSR count). The summed E-state index contributed by atoms with van der Waals surface area (Å²) in [7, 11) is 0. The first-order valence-corrected chi connectivity index (χ1v) is 6.31. The second kappa shape index (κ2) is 6.07. The van der Waals surface area contributed by atoms with E-state index in [1.807, 2.05) is 30.3 Å². The molecule has 0 spiro atoms. The summed E-state index contributed by atoms with van der Waals surface area (Å²) in [6.07, 6.45) is 2.15. The molecule has 0 aliphatic rings. The van der Waals surface area contributed by atoms with Gasteiger partial charge in [0.25, 0.3) is 0 Å². The first-order valence-electron chi connectivity index (χ1n) is 5.37. The van der Waals surface area contributed by atoms with Crippen molar-refractivity contribution < 1.29 is 9.90 Å². The molecule has 92 valence electrons. The Hall–Kier alpha value is -2.01. The second-order valence-electron chi connectivity index (χ2n) is 3.55. The van der Waals surface area contributed by atoms with E-state index < -0.39 is 6.09 Å². The highest BCUT2D eigenvalue weighted by atomic mass is 32.2. The number of rotatable bonds is 4. The van der Waals surface area contributed by atoms with Crippen molar-refractivity contribution in [2.24, 2.45) is 0 Å². The molecule has 1 aromatic carbocycles. The first-order chi connectivity index (χ1) is 8.77. The molecule has 0 saturated heterocycles. The van der Waals surface area contributed by atoms with Crippen molar-refractivity contribution in [1.82, 2.24) is 4.98 Å². The molecule has 0 aliphatic heterocycles. The number of carboxylic acid groups (broad SMARTS) is 1. The maximum Gasteiger partial charge on any atom is 0.422 e. The second-order valence-corrected chi connectivity index (χ2v) is 4.46. The van der Waals surface area contributed by atoms with Crippen molar-refractivity contribution in [2.45, 2.75) is 5.75 Å². The summed E-state index contributed by atoms with van der Waals surface area (Å²) in [4.78, 5) is 15.1. The highest BCUT2D eigenvalue weighted by molar-refractivity contribution is 8.00. The molecule has 18 heavy (non-hydrogen) atoms. The minimum Gasteiger partial charge on any atom is -0.464 e. The predicted molar refractivity (Wildman–Crippen MR) is 72.5 cm³/mol. The van der Waals surface area contributed by atoms with Crippen LogP contribution >= 0.6 is 11.9 Å². The maximum absolute atomic E-state index is 11.2. The molecule has 1 heterocycles. The summed E-state index contributed by atoms with van der Waals surface area (Å²) >= 11 is 1.23. The van der Waals surface area contributed by atoms with Crippen molar-refractivity contribution in [2.75, 3.05) is 4.31 Å². The molecule has 0 bridgehead atoms. The maximum atomic E-state index is 11.2. The molecule has 5 heteroatoms. The number of hydrogen-bond acceptors (Lipinski definition) is 3. The molecule has 0 fully saturated rings. The van der Waals surface area contributed by atoms with E-state index in [2.05, 4.69) is 4.98 Å². The van der Waals surface area contributed by atoms with Crippen LogP contribution in [0.5, 0.6) is 0 Å². The van der Waals surface area contributed by atoms with Crippen LogP contribution in [0.2, 0.25) is 0 Å². The summed E-state index contributed by atoms with van der Waals surface area (Å²) in [6, 6.07) is 13.2. The fraction of sp³-hybridized carbons (Fsp3) is 0.0769. The van der Waals surface area contributed by atoms with E-state index in [4.69, 9.17) is 0 Å². The topological polar surface area (TPSA) is 53.4 Å². The van der Waals surface area contributed by atoms with Crippen LogP contribution in [-0.2, 0) is 5.75 Å². The summed E-state index contributed by atoms with van der Waals surface area (Å²) in [5, 5.41) is 9.18. The summed E-state index contributed by atoms with van der Waals surface area (Å²) < 4.78 is 1.22. The van der Waals surface area contributed by atoms with Crippen LogP contribution in [0.4, 0.5) is 10.5 Å². The van der Waals surface area contributed by atoms with Crippen LogP contribution in [0.15, 0.2) is 54.9 Å². The van der Waals surface area contributed by atoms with Gasteiger partial charge in [0.05, 0.1) is 11.9 Å². The number of pyridine rings is 1. The normalized spacial score (nSPS) is 10.0. The molecule has 1 aromatic heterocycles. The minimum absolute atomic E-state index is 0.561. The number of amides is 1. The fourth-order valence-corrected chi connectivity index (χ4v) is 2.27. The lowest BCUT2D eigenvalue weighted by atomic mass is 10.2. The molecule has 0 unspecified atom stereocenters. The van der Waals surface area contributed by atoms with Gasteiger partial charge in [-0.05, 0) is 29.6 Å². The van der Waals surface area contributed by atoms with E-state index in [0.717, 1.165) is 5.56 Å². The molecule has 0 saturated carbocycles. The molecule has 4 nitrogen and oxygen atoms in total. The van der Waals surface area contributed by atoms with E-state index in [1.165, 1.54) is 22.4 Å². The van der Waals surface area contributed by atoms with Crippen LogP contribution in [-0.4, -0.2) is 16.2 Å². The Labute approximate surface area is 109 Å². The van der Waals surface area contributed by atoms with E-state index >= 15 is 0 Å². The van der Waals surface area contributed by atoms with Crippen molar-refractivity contribution in [3.8, 4) is 0 Å². The Bertz CT molecular complexity index is 505. The lowest BCUT2D eigenvalue weighted by Gasteiger charge is -2.17. The SMILES string of the molecule is O=C(O)N(SCc1ccccc1)c1cccnc1. The van der Waals surface area contributed by atoms with Gasteiger partial charge in [-0.3, -0.25) is 4.98 Å². The minimum atomic E-state index is -0.996. The molecular weight excluding hydrogens is 248 g/mol. The molecular formula is C13H12N2O2S. The Balaban J connectivity index is 2.06. The lowest BCUT2D eigenvalue weighted by molar-refractivity contribution is 0.206. The Morgan fingerprint density at radius 2 is 2.00 bits per heavy atom. The molecule has 1 N–H and O–H groups in total. The third-order valence-corrected chi connectivity index (χ3v) is 3.34. The first kappa shape index (κ1) is 12.4. The summed E-state index contributed by atoms with van der Waals surface area (Å²) in [5.74, 6) is 0.599. The number of aromatic nitrogens is 1. The van der Waals surface area contributed by atoms with Crippen molar-refractivity contribution in [3.05, 3.63) is 60.4 Å². The van der Waals surface area contributed by atoms with Crippen molar-refractivity contribution >= 4 is 23.7 Å². The Morgan fingerprint density at radius 1 is 1.22 bits per heavy atom. The number of nitrogens with zero attached hydrogens (tertiary/aromatic N) is 2. The summed E-state index contributed by atoms with van der Waals surface area (Å²) in [6.45, 7) is 0. The zero-order chi connectivity index (χ0) is 12.8. The van der Waals surface area contributed by atoms with Crippen molar-refractivity contribution in [3.63, 3.8) is 0 Å². The largest absolute Gasteiger partial charge is 0.464 e. The highest BCUT2D eigenvalue weighted by Crippen LogP contribution is 2.24. The third kappa shape index (κ3) is 3.24. The monoisotopic (exact) mass is 260 g/mol. The van der Waals surface area contributed by atoms with Crippen LogP contribution in [0.25, 0.3) is 0 Å². The van der Waals surface area contributed by atoms with Gasteiger partial charge in [0.15, 0.2) is 0 Å². The van der Waals surface area contributed by atoms with E-state index in [1.54, 1.807) is 18.3 Å². The highest BCUT2D eigenvalue weighted by Gasteiger charge is 2.15. The average molecular weight is 260 g/mol. The van der Waals surface area contributed by atoms with Crippen LogP contribution in [0, 0.1) is 0 Å². The number of hydrogen-bond donors (Lipinski definition) is 1. The van der Waals surface area contributed by atoms with Crippen LogP contribution in [0.1, 0.15) is 5.56 Å².